The monoisotopic (exact) mass is 431 g/mol. The lowest BCUT2D eigenvalue weighted by Gasteiger charge is -2.44. The lowest BCUT2D eigenvalue weighted by Crippen LogP contribution is -2.61. The van der Waals surface area contributed by atoms with Crippen molar-refractivity contribution in [3.05, 3.63) is 29.5 Å². The zero-order valence-electron chi connectivity index (χ0n) is 17.8. The number of ether oxygens (including phenoxy) is 4. The van der Waals surface area contributed by atoms with E-state index in [-0.39, 0.29) is 24.4 Å². The fourth-order valence-corrected chi connectivity index (χ4v) is 4.02. The lowest BCUT2D eigenvalue weighted by molar-refractivity contribution is -0.175. The highest BCUT2D eigenvalue weighted by molar-refractivity contribution is 6.06. The number of hydrogen-bond donors (Lipinski definition) is 1. The molecule has 9 nitrogen and oxygen atoms in total. The number of esters is 2. The minimum atomic E-state index is -0.838. The number of rotatable bonds is 5. The van der Waals surface area contributed by atoms with Gasteiger partial charge in [0.2, 0.25) is 19.5 Å². The molecular formula is C22H25NO8. The predicted octanol–water partition coefficient (Wildman–Crippen LogP) is 1.83. The standard InChI is InChI=1S/C22H25NO8/c1-11(24)17-14-8-13(12-5-6-15-16(7-12)29-9-28-15)18(23(14)19(17)25)20(26)30-10-31-21(27)22(2,3)4/h5-7,11,14,17,24H,8-10H2,1-4H3/t11-,14-,17-/m1/s1. The van der Waals surface area contributed by atoms with E-state index in [0.717, 1.165) is 0 Å². The van der Waals surface area contributed by atoms with E-state index in [1.807, 2.05) is 0 Å². The molecule has 0 unspecified atom stereocenters. The Bertz CT molecular complexity index is 974. The molecule has 1 saturated heterocycles. The molecule has 3 aliphatic rings. The van der Waals surface area contributed by atoms with E-state index in [9.17, 15) is 19.5 Å². The molecule has 3 aliphatic heterocycles. The summed E-state index contributed by atoms with van der Waals surface area (Å²) in [5, 5.41) is 10.0. The van der Waals surface area contributed by atoms with Crippen LogP contribution in [-0.4, -0.2) is 53.6 Å². The topological polar surface area (TPSA) is 112 Å². The van der Waals surface area contributed by atoms with Crippen molar-refractivity contribution < 1.29 is 38.4 Å². The predicted molar refractivity (Wildman–Crippen MR) is 106 cm³/mol. The Morgan fingerprint density at radius 3 is 2.61 bits per heavy atom. The first-order chi connectivity index (χ1) is 14.6. The van der Waals surface area contributed by atoms with Crippen molar-refractivity contribution in [1.29, 1.82) is 0 Å². The summed E-state index contributed by atoms with van der Waals surface area (Å²) in [7, 11) is 0. The van der Waals surface area contributed by atoms with Gasteiger partial charge in [0.15, 0.2) is 11.5 Å². The fourth-order valence-electron chi connectivity index (χ4n) is 4.02. The van der Waals surface area contributed by atoms with Crippen LogP contribution < -0.4 is 9.47 Å². The highest BCUT2D eigenvalue weighted by Crippen LogP contribution is 2.48. The average Bonchev–Trinajstić information content (AvgIpc) is 3.28. The molecule has 0 radical (unpaired) electrons. The van der Waals surface area contributed by atoms with Gasteiger partial charge in [0.1, 0.15) is 5.70 Å². The molecule has 1 fully saturated rings. The van der Waals surface area contributed by atoms with Crippen molar-refractivity contribution in [2.24, 2.45) is 11.3 Å². The fraction of sp³-hybridized carbons (Fsp3) is 0.500. The van der Waals surface area contributed by atoms with Gasteiger partial charge in [-0.15, -0.1) is 0 Å². The Morgan fingerprint density at radius 1 is 1.23 bits per heavy atom. The van der Waals surface area contributed by atoms with Gasteiger partial charge >= 0.3 is 11.9 Å². The van der Waals surface area contributed by atoms with Gasteiger partial charge in [0.25, 0.3) is 0 Å². The second-order valence-electron chi connectivity index (χ2n) is 8.87. The summed E-state index contributed by atoms with van der Waals surface area (Å²) in [6.45, 7) is 6.18. The summed E-state index contributed by atoms with van der Waals surface area (Å²) in [6.07, 6.45) is -0.456. The minimum absolute atomic E-state index is 0.0950. The Hall–Kier alpha value is -3.07. The lowest BCUT2D eigenvalue weighted by atomic mass is 9.82. The summed E-state index contributed by atoms with van der Waals surface area (Å²) in [5.74, 6) is -1.06. The number of amides is 1. The molecule has 9 heteroatoms. The van der Waals surface area contributed by atoms with Crippen molar-refractivity contribution in [1.82, 2.24) is 4.90 Å². The van der Waals surface area contributed by atoms with Crippen LogP contribution in [0.15, 0.2) is 23.9 Å². The summed E-state index contributed by atoms with van der Waals surface area (Å²) in [6, 6.07) is 4.93. The van der Waals surface area contributed by atoms with E-state index in [2.05, 4.69) is 0 Å². The highest BCUT2D eigenvalue weighted by Gasteiger charge is 2.57. The number of β-lactam (4-membered cyclic amide) rings is 1. The second-order valence-corrected chi connectivity index (χ2v) is 8.87. The van der Waals surface area contributed by atoms with E-state index in [0.29, 0.717) is 29.1 Å². The molecule has 0 bridgehead atoms. The van der Waals surface area contributed by atoms with Crippen LogP contribution in [0.3, 0.4) is 0 Å². The molecule has 0 aliphatic carbocycles. The molecule has 1 N–H and O–H groups in total. The van der Waals surface area contributed by atoms with Gasteiger partial charge in [-0.25, -0.2) is 4.79 Å². The van der Waals surface area contributed by atoms with E-state index in [1.54, 1.807) is 45.9 Å². The van der Waals surface area contributed by atoms with E-state index in [1.165, 1.54) is 4.90 Å². The SMILES string of the molecule is C[C@@H](O)[C@H]1C(=O)N2C(C(=O)OCOC(=O)C(C)(C)C)=C(c3ccc4c(c3)OCO4)C[C@H]12. The normalized spacial score (nSPS) is 22.7. The molecule has 0 spiro atoms. The zero-order valence-corrected chi connectivity index (χ0v) is 17.8. The summed E-state index contributed by atoms with van der Waals surface area (Å²) >= 11 is 0. The first kappa shape index (κ1) is 21.2. The van der Waals surface area contributed by atoms with Crippen molar-refractivity contribution >= 4 is 23.4 Å². The summed E-state index contributed by atoms with van der Waals surface area (Å²) in [4.78, 5) is 38.9. The summed E-state index contributed by atoms with van der Waals surface area (Å²) in [5.41, 5.74) is 0.652. The van der Waals surface area contributed by atoms with Crippen molar-refractivity contribution in [2.45, 2.75) is 46.3 Å². The number of carbonyl (C=O) groups excluding carboxylic acids is 3. The maximum absolute atomic E-state index is 12.9. The molecule has 166 valence electrons. The van der Waals surface area contributed by atoms with Crippen LogP contribution in [0.5, 0.6) is 11.5 Å². The quantitative estimate of drug-likeness (QED) is 0.427. The molecule has 0 saturated carbocycles. The molecule has 1 aromatic carbocycles. The van der Waals surface area contributed by atoms with Crippen LogP contribution in [0.1, 0.15) is 39.7 Å². The third-order valence-electron chi connectivity index (χ3n) is 5.64. The first-order valence-electron chi connectivity index (χ1n) is 10.1. The second kappa shape index (κ2) is 7.56. The van der Waals surface area contributed by atoms with Crippen LogP contribution in [0.4, 0.5) is 0 Å². The molecule has 3 atom stereocenters. The van der Waals surface area contributed by atoms with Crippen molar-refractivity contribution in [2.75, 3.05) is 13.6 Å². The number of nitrogens with zero attached hydrogens (tertiary/aromatic N) is 1. The molecule has 1 aromatic rings. The van der Waals surface area contributed by atoms with E-state index in [4.69, 9.17) is 18.9 Å². The van der Waals surface area contributed by atoms with Gasteiger partial charge in [-0.2, -0.15) is 0 Å². The number of carbonyl (C=O) groups is 3. The molecule has 0 aromatic heterocycles. The van der Waals surface area contributed by atoms with Crippen molar-refractivity contribution in [3.63, 3.8) is 0 Å². The van der Waals surface area contributed by atoms with Crippen LogP contribution in [0, 0.1) is 11.3 Å². The van der Waals surface area contributed by atoms with Crippen LogP contribution in [-0.2, 0) is 23.9 Å². The van der Waals surface area contributed by atoms with Crippen LogP contribution >= 0.6 is 0 Å². The smallest absolute Gasteiger partial charge is 0.358 e. The van der Waals surface area contributed by atoms with Gasteiger partial charge in [-0.1, -0.05) is 6.07 Å². The third kappa shape index (κ3) is 3.63. The molecule has 1 amide bonds. The van der Waals surface area contributed by atoms with Gasteiger partial charge < -0.3 is 29.0 Å². The number of hydrogen-bond acceptors (Lipinski definition) is 8. The van der Waals surface area contributed by atoms with Gasteiger partial charge in [0.05, 0.1) is 23.5 Å². The third-order valence-corrected chi connectivity index (χ3v) is 5.64. The Balaban J connectivity index is 1.60. The zero-order chi connectivity index (χ0) is 22.5. The molecule has 31 heavy (non-hydrogen) atoms. The number of aliphatic hydroxyl groups is 1. The van der Waals surface area contributed by atoms with Gasteiger partial charge in [-0.05, 0) is 57.4 Å². The molecule has 4 rings (SSSR count). The number of benzene rings is 1. The first-order valence-corrected chi connectivity index (χ1v) is 10.1. The van der Waals surface area contributed by atoms with E-state index < -0.39 is 36.2 Å². The van der Waals surface area contributed by atoms with Gasteiger partial charge in [-0.3, -0.25) is 9.59 Å². The maximum Gasteiger partial charge on any atom is 0.358 e. The van der Waals surface area contributed by atoms with E-state index >= 15 is 0 Å². The number of fused-ring (bicyclic) bond motifs is 2. The molecular weight excluding hydrogens is 406 g/mol. The maximum atomic E-state index is 12.9. The Labute approximate surface area is 179 Å². The average molecular weight is 431 g/mol. The summed E-state index contributed by atoms with van der Waals surface area (Å²) < 4.78 is 21.0. The number of aliphatic hydroxyl groups excluding tert-OH is 1. The largest absolute Gasteiger partial charge is 0.454 e. The Morgan fingerprint density at radius 2 is 1.94 bits per heavy atom. The highest BCUT2D eigenvalue weighted by atomic mass is 16.7. The Kier molecular flexibility index (Phi) is 5.17. The van der Waals surface area contributed by atoms with Gasteiger partial charge in [0, 0.05) is 0 Å². The minimum Gasteiger partial charge on any atom is -0.454 e. The van der Waals surface area contributed by atoms with Crippen LogP contribution in [0.2, 0.25) is 0 Å². The molecule has 3 heterocycles. The van der Waals surface area contributed by atoms with Crippen molar-refractivity contribution in [3.8, 4) is 11.5 Å². The van der Waals surface area contributed by atoms with Crippen LogP contribution in [0.25, 0.3) is 5.57 Å².